The van der Waals surface area contributed by atoms with Crippen molar-refractivity contribution in [2.45, 2.75) is 26.8 Å². The fourth-order valence-electron chi connectivity index (χ4n) is 2.06. The Kier molecular flexibility index (Phi) is 4.22. The normalized spacial score (nSPS) is 12.5. The second-order valence-electron chi connectivity index (χ2n) is 4.91. The van der Waals surface area contributed by atoms with Crippen molar-refractivity contribution in [3.05, 3.63) is 40.4 Å². The van der Waals surface area contributed by atoms with Crippen LogP contribution < -0.4 is 10.2 Å². The van der Waals surface area contributed by atoms with Crippen LogP contribution in [0.25, 0.3) is 0 Å². The SMILES string of the molecule is CNC(C)c1csc(N(C)c2ccc(C)cc2C)n1. The Morgan fingerprint density at radius 2 is 2.05 bits per heavy atom. The van der Waals surface area contributed by atoms with Crippen molar-refractivity contribution >= 4 is 22.2 Å². The topological polar surface area (TPSA) is 28.2 Å². The van der Waals surface area contributed by atoms with Gasteiger partial charge in [0.2, 0.25) is 0 Å². The number of benzene rings is 1. The van der Waals surface area contributed by atoms with Crippen LogP contribution in [0.1, 0.15) is 29.8 Å². The van der Waals surface area contributed by atoms with Gasteiger partial charge in [0.05, 0.1) is 5.69 Å². The minimum absolute atomic E-state index is 0.289. The maximum Gasteiger partial charge on any atom is 0.189 e. The van der Waals surface area contributed by atoms with Crippen LogP contribution >= 0.6 is 11.3 Å². The van der Waals surface area contributed by atoms with Crippen molar-refractivity contribution in [2.75, 3.05) is 19.0 Å². The van der Waals surface area contributed by atoms with E-state index in [-0.39, 0.29) is 6.04 Å². The highest BCUT2D eigenvalue weighted by Crippen LogP contribution is 2.31. The number of rotatable bonds is 4. The fourth-order valence-corrected chi connectivity index (χ4v) is 2.96. The highest BCUT2D eigenvalue weighted by molar-refractivity contribution is 7.13. The van der Waals surface area contributed by atoms with E-state index in [0.717, 1.165) is 10.8 Å². The summed E-state index contributed by atoms with van der Waals surface area (Å²) in [5, 5.41) is 6.37. The molecule has 0 spiro atoms. The van der Waals surface area contributed by atoms with Crippen LogP contribution in [0, 0.1) is 13.8 Å². The Morgan fingerprint density at radius 1 is 1.32 bits per heavy atom. The summed E-state index contributed by atoms with van der Waals surface area (Å²) >= 11 is 1.68. The Morgan fingerprint density at radius 3 is 2.68 bits per heavy atom. The van der Waals surface area contributed by atoms with E-state index < -0.39 is 0 Å². The molecule has 1 aromatic carbocycles. The van der Waals surface area contributed by atoms with Crippen LogP contribution in [-0.4, -0.2) is 19.1 Å². The van der Waals surface area contributed by atoms with Gasteiger partial charge >= 0.3 is 0 Å². The minimum Gasteiger partial charge on any atom is -0.321 e. The number of nitrogens with zero attached hydrogens (tertiary/aromatic N) is 2. The number of thiazole rings is 1. The number of aryl methyl sites for hydroxylation is 2. The molecule has 0 amide bonds. The average molecular weight is 275 g/mol. The molecule has 0 fully saturated rings. The van der Waals surface area contributed by atoms with Gasteiger partial charge in [-0.25, -0.2) is 4.98 Å². The first-order valence-corrected chi connectivity index (χ1v) is 7.34. The molecule has 1 N–H and O–H groups in total. The van der Waals surface area contributed by atoms with E-state index in [1.165, 1.54) is 16.8 Å². The third-order valence-electron chi connectivity index (χ3n) is 3.39. The lowest BCUT2D eigenvalue weighted by molar-refractivity contribution is 0.637. The highest BCUT2D eigenvalue weighted by Gasteiger charge is 2.13. The molecule has 2 rings (SSSR count). The molecule has 1 atom stereocenters. The smallest absolute Gasteiger partial charge is 0.189 e. The summed E-state index contributed by atoms with van der Waals surface area (Å²) in [6, 6.07) is 6.80. The quantitative estimate of drug-likeness (QED) is 0.919. The van der Waals surface area contributed by atoms with Gasteiger partial charge in [-0.3, -0.25) is 0 Å². The number of nitrogens with one attached hydrogen (secondary N) is 1. The Labute approximate surface area is 119 Å². The second-order valence-corrected chi connectivity index (χ2v) is 5.75. The number of hydrogen-bond donors (Lipinski definition) is 1. The molecule has 3 nitrogen and oxygen atoms in total. The number of hydrogen-bond acceptors (Lipinski definition) is 4. The van der Waals surface area contributed by atoms with Gasteiger partial charge in [0, 0.05) is 24.2 Å². The first-order valence-electron chi connectivity index (χ1n) is 6.46. The molecule has 0 bridgehead atoms. The van der Waals surface area contributed by atoms with Gasteiger partial charge in [-0.05, 0) is 39.4 Å². The van der Waals surface area contributed by atoms with Crippen LogP contribution in [0.2, 0.25) is 0 Å². The van der Waals surface area contributed by atoms with E-state index >= 15 is 0 Å². The van der Waals surface area contributed by atoms with Crippen molar-refractivity contribution in [1.29, 1.82) is 0 Å². The Hall–Kier alpha value is -1.39. The van der Waals surface area contributed by atoms with Crippen LogP contribution in [0.4, 0.5) is 10.8 Å². The van der Waals surface area contributed by atoms with Crippen molar-refractivity contribution in [3.63, 3.8) is 0 Å². The van der Waals surface area contributed by atoms with Crippen LogP contribution in [-0.2, 0) is 0 Å². The molecule has 0 radical (unpaired) electrons. The highest BCUT2D eigenvalue weighted by atomic mass is 32.1. The average Bonchev–Trinajstić information content (AvgIpc) is 2.86. The molecular formula is C15H21N3S. The first-order chi connectivity index (χ1) is 9.02. The summed E-state index contributed by atoms with van der Waals surface area (Å²) in [5.74, 6) is 0. The van der Waals surface area contributed by atoms with E-state index in [9.17, 15) is 0 Å². The summed E-state index contributed by atoms with van der Waals surface area (Å²) < 4.78 is 0. The summed E-state index contributed by atoms with van der Waals surface area (Å²) in [6.45, 7) is 6.38. The fraction of sp³-hybridized carbons (Fsp3) is 0.400. The van der Waals surface area contributed by atoms with Crippen LogP contribution in [0.3, 0.4) is 0 Å². The summed E-state index contributed by atoms with van der Waals surface area (Å²) in [5.41, 5.74) is 4.88. The largest absolute Gasteiger partial charge is 0.321 e. The van der Waals surface area contributed by atoms with Crippen LogP contribution in [0.5, 0.6) is 0 Å². The molecule has 102 valence electrons. The number of aromatic nitrogens is 1. The third kappa shape index (κ3) is 2.96. The zero-order valence-corrected chi connectivity index (χ0v) is 13.0. The first kappa shape index (κ1) is 14.0. The predicted octanol–water partition coefficient (Wildman–Crippen LogP) is 3.81. The minimum atomic E-state index is 0.289. The third-order valence-corrected chi connectivity index (χ3v) is 4.32. The molecule has 0 aliphatic heterocycles. The lowest BCUT2D eigenvalue weighted by Crippen LogP contribution is -2.14. The summed E-state index contributed by atoms with van der Waals surface area (Å²) in [4.78, 5) is 6.86. The van der Waals surface area contributed by atoms with E-state index in [0.29, 0.717) is 0 Å². The summed E-state index contributed by atoms with van der Waals surface area (Å²) in [7, 11) is 4.03. The van der Waals surface area contributed by atoms with Gasteiger partial charge in [0.15, 0.2) is 5.13 Å². The van der Waals surface area contributed by atoms with Crippen LogP contribution in [0.15, 0.2) is 23.6 Å². The lowest BCUT2D eigenvalue weighted by atomic mass is 10.1. The van der Waals surface area contributed by atoms with Gasteiger partial charge < -0.3 is 10.2 Å². The zero-order chi connectivity index (χ0) is 14.0. The second kappa shape index (κ2) is 5.72. The van der Waals surface area contributed by atoms with E-state index in [1.54, 1.807) is 11.3 Å². The summed E-state index contributed by atoms with van der Waals surface area (Å²) in [6.07, 6.45) is 0. The van der Waals surface area contributed by atoms with Gasteiger partial charge in [-0.15, -0.1) is 11.3 Å². The molecule has 1 heterocycles. The predicted molar refractivity (Wildman–Crippen MR) is 83.6 cm³/mol. The molecule has 1 unspecified atom stereocenters. The van der Waals surface area contributed by atoms with Gasteiger partial charge in [-0.1, -0.05) is 17.7 Å². The van der Waals surface area contributed by atoms with Gasteiger partial charge in [0.1, 0.15) is 0 Å². The molecule has 0 saturated carbocycles. The molecular weight excluding hydrogens is 254 g/mol. The maximum absolute atomic E-state index is 4.70. The molecule has 0 aliphatic rings. The maximum atomic E-state index is 4.70. The molecule has 2 aromatic rings. The molecule has 0 saturated heterocycles. The van der Waals surface area contributed by atoms with E-state index in [1.807, 2.05) is 7.05 Å². The van der Waals surface area contributed by atoms with Gasteiger partial charge in [0.25, 0.3) is 0 Å². The Balaban J connectivity index is 2.28. The van der Waals surface area contributed by atoms with E-state index in [2.05, 4.69) is 61.6 Å². The Bertz CT molecular complexity index is 562. The number of anilines is 2. The van der Waals surface area contributed by atoms with Crippen molar-refractivity contribution in [3.8, 4) is 0 Å². The molecule has 0 aliphatic carbocycles. The zero-order valence-electron chi connectivity index (χ0n) is 12.2. The van der Waals surface area contributed by atoms with Crippen molar-refractivity contribution < 1.29 is 0 Å². The van der Waals surface area contributed by atoms with E-state index in [4.69, 9.17) is 4.98 Å². The lowest BCUT2D eigenvalue weighted by Gasteiger charge is -2.19. The van der Waals surface area contributed by atoms with Crippen molar-refractivity contribution in [1.82, 2.24) is 10.3 Å². The monoisotopic (exact) mass is 275 g/mol. The van der Waals surface area contributed by atoms with Crippen molar-refractivity contribution in [2.24, 2.45) is 0 Å². The standard InChI is InChI=1S/C15H21N3S/c1-10-6-7-14(11(2)8-10)18(5)15-17-13(9-19-15)12(3)16-4/h6-9,12,16H,1-5H3. The molecule has 1 aromatic heterocycles. The molecule has 19 heavy (non-hydrogen) atoms. The molecule has 4 heteroatoms. The van der Waals surface area contributed by atoms with Gasteiger partial charge in [-0.2, -0.15) is 0 Å².